The maximum atomic E-state index is 12.3. The van der Waals surface area contributed by atoms with Crippen molar-refractivity contribution in [1.82, 2.24) is 0 Å². The Labute approximate surface area is 175 Å². The van der Waals surface area contributed by atoms with Crippen molar-refractivity contribution in [2.45, 2.75) is 26.9 Å². The first-order valence-electron chi connectivity index (χ1n) is 9.62. The highest BCUT2D eigenvalue weighted by atomic mass is 16.6. The Morgan fingerprint density at radius 2 is 1.90 bits per heavy atom. The number of nitrogens with one attached hydrogen (secondary N) is 1. The molecule has 1 aliphatic heterocycles. The zero-order valence-corrected chi connectivity index (χ0v) is 17.5. The largest absolute Gasteiger partial charge is 0.493 e. The van der Waals surface area contributed by atoms with Gasteiger partial charge in [-0.2, -0.15) is 0 Å². The minimum atomic E-state index is -0.947. The van der Waals surface area contributed by atoms with E-state index in [-0.39, 0.29) is 0 Å². The molecule has 0 unspecified atom stereocenters. The number of hydrogen-bond donors (Lipinski definition) is 1. The van der Waals surface area contributed by atoms with E-state index in [1.165, 1.54) is 20.1 Å². The number of rotatable bonds is 6. The number of esters is 1. The number of hydrogen-bond acceptors (Lipinski definition) is 6. The summed E-state index contributed by atoms with van der Waals surface area (Å²) in [6.07, 6.45) is 1.88. The summed E-state index contributed by atoms with van der Waals surface area (Å²) in [6, 6.07) is 9.18. The minimum absolute atomic E-state index is 0.398. The SMILES string of the molecule is COc1cc(/C=C/C(=O)O[C@H](C)C(=O)Nc2ccc(C)cc2C)cc2c1OCCO2. The zero-order chi connectivity index (χ0) is 21.7. The molecule has 1 atom stereocenters. The third-order valence-corrected chi connectivity index (χ3v) is 4.56. The molecule has 1 heterocycles. The highest BCUT2D eigenvalue weighted by molar-refractivity contribution is 5.97. The number of carbonyl (C=O) groups excluding carboxylic acids is 2. The van der Waals surface area contributed by atoms with Crippen LogP contribution in [0.1, 0.15) is 23.6 Å². The number of methoxy groups -OCH3 is 1. The van der Waals surface area contributed by atoms with Gasteiger partial charge in [-0.3, -0.25) is 4.79 Å². The second-order valence-corrected chi connectivity index (χ2v) is 6.97. The van der Waals surface area contributed by atoms with Crippen LogP contribution < -0.4 is 19.5 Å². The van der Waals surface area contributed by atoms with Gasteiger partial charge in [0.05, 0.1) is 7.11 Å². The summed E-state index contributed by atoms with van der Waals surface area (Å²) < 4.78 is 21.7. The van der Waals surface area contributed by atoms with E-state index in [4.69, 9.17) is 18.9 Å². The van der Waals surface area contributed by atoms with E-state index in [0.29, 0.717) is 41.7 Å². The van der Waals surface area contributed by atoms with Gasteiger partial charge in [-0.15, -0.1) is 0 Å². The Morgan fingerprint density at radius 1 is 1.13 bits per heavy atom. The summed E-state index contributed by atoms with van der Waals surface area (Å²) in [6.45, 7) is 6.30. The van der Waals surface area contributed by atoms with Crippen molar-refractivity contribution in [3.05, 3.63) is 53.1 Å². The Morgan fingerprint density at radius 3 is 2.63 bits per heavy atom. The van der Waals surface area contributed by atoms with E-state index in [1.807, 2.05) is 32.0 Å². The van der Waals surface area contributed by atoms with Crippen LogP contribution in [0.15, 0.2) is 36.4 Å². The number of benzene rings is 2. The monoisotopic (exact) mass is 411 g/mol. The highest BCUT2D eigenvalue weighted by Gasteiger charge is 2.19. The molecule has 2 aromatic rings. The third kappa shape index (κ3) is 5.11. The molecule has 0 spiro atoms. The van der Waals surface area contributed by atoms with Gasteiger partial charge in [0.2, 0.25) is 5.75 Å². The average molecular weight is 411 g/mol. The Kier molecular flexibility index (Phi) is 6.61. The normalized spacial score (nSPS) is 13.6. The van der Waals surface area contributed by atoms with Crippen molar-refractivity contribution in [1.29, 1.82) is 0 Å². The standard InChI is InChI=1S/C23H25NO6/c1-14-5-7-18(15(2)11-14)24-23(26)16(3)30-21(25)8-6-17-12-19(27-4)22-20(13-17)28-9-10-29-22/h5-8,11-13,16H,9-10H2,1-4H3,(H,24,26)/b8-6+/t16-/m1/s1. The number of fused-ring (bicyclic) bond motifs is 1. The second kappa shape index (κ2) is 9.35. The summed E-state index contributed by atoms with van der Waals surface area (Å²) in [7, 11) is 1.53. The first-order valence-corrected chi connectivity index (χ1v) is 9.62. The summed E-state index contributed by atoms with van der Waals surface area (Å²) in [5.74, 6) is 0.577. The molecule has 7 nitrogen and oxygen atoms in total. The topological polar surface area (TPSA) is 83.1 Å². The lowest BCUT2D eigenvalue weighted by Crippen LogP contribution is -2.29. The zero-order valence-electron chi connectivity index (χ0n) is 17.5. The average Bonchev–Trinajstić information content (AvgIpc) is 2.73. The van der Waals surface area contributed by atoms with Crippen LogP contribution in [0.25, 0.3) is 6.08 Å². The molecular weight excluding hydrogens is 386 g/mol. The van der Waals surface area contributed by atoms with Crippen molar-refractivity contribution in [3.8, 4) is 17.2 Å². The first-order chi connectivity index (χ1) is 14.4. The van der Waals surface area contributed by atoms with Crippen LogP contribution in [0, 0.1) is 13.8 Å². The molecule has 2 aromatic carbocycles. The fourth-order valence-corrected chi connectivity index (χ4v) is 3.01. The molecule has 0 radical (unpaired) electrons. The molecular formula is C23H25NO6. The molecule has 3 rings (SSSR count). The maximum absolute atomic E-state index is 12.3. The van der Waals surface area contributed by atoms with Crippen LogP contribution in [0.2, 0.25) is 0 Å². The summed E-state index contributed by atoms with van der Waals surface area (Å²) in [5, 5.41) is 2.78. The number of carbonyl (C=O) groups is 2. The summed E-state index contributed by atoms with van der Waals surface area (Å²) in [5.41, 5.74) is 3.41. The molecule has 0 fully saturated rings. The second-order valence-electron chi connectivity index (χ2n) is 6.97. The van der Waals surface area contributed by atoms with Crippen LogP contribution in [-0.2, 0) is 14.3 Å². The van der Waals surface area contributed by atoms with Gasteiger partial charge in [-0.1, -0.05) is 17.7 Å². The third-order valence-electron chi connectivity index (χ3n) is 4.56. The van der Waals surface area contributed by atoms with Crippen molar-refractivity contribution in [2.75, 3.05) is 25.6 Å². The molecule has 0 aliphatic carbocycles. The lowest BCUT2D eigenvalue weighted by atomic mass is 10.1. The minimum Gasteiger partial charge on any atom is -0.493 e. The predicted molar refractivity (Wildman–Crippen MR) is 113 cm³/mol. The molecule has 1 N–H and O–H groups in total. The van der Waals surface area contributed by atoms with Crippen molar-refractivity contribution in [2.24, 2.45) is 0 Å². The van der Waals surface area contributed by atoms with Gasteiger partial charge >= 0.3 is 5.97 Å². The number of ether oxygens (including phenoxy) is 4. The van der Waals surface area contributed by atoms with Crippen molar-refractivity contribution >= 4 is 23.6 Å². The number of aryl methyl sites for hydroxylation is 2. The van der Waals surface area contributed by atoms with E-state index in [9.17, 15) is 9.59 Å². The van der Waals surface area contributed by atoms with E-state index >= 15 is 0 Å². The molecule has 1 amide bonds. The van der Waals surface area contributed by atoms with Gasteiger partial charge in [-0.25, -0.2) is 4.79 Å². The fourth-order valence-electron chi connectivity index (χ4n) is 3.01. The predicted octanol–water partition coefficient (Wildman–Crippen LogP) is 3.67. The summed E-state index contributed by atoms with van der Waals surface area (Å²) in [4.78, 5) is 24.5. The maximum Gasteiger partial charge on any atom is 0.331 e. The van der Waals surface area contributed by atoms with Crippen molar-refractivity contribution < 1.29 is 28.5 Å². The van der Waals surface area contributed by atoms with Gasteiger partial charge in [0.1, 0.15) is 13.2 Å². The molecule has 1 aliphatic rings. The number of anilines is 1. The Hall–Kier alpha value is -3.48. The van der Waals surface area contributed by atoms with Gasteiger partial charge < -0.3 is 24.3 Å². The Bertz CT molecular complexity index is 965. The molecule has 0 saturated carbocycles. The van der Waals surface area contributed by atoms with E-state index in [2.05, 4.69) is 5.32 Å². The lowest BCUT2D eigenvalue weighted by Gasteiger charge is -2.20. The van der Waals surface area contributed by atoms with Crippen molar-refractivity contribution in [3.63, 3.8) is 0 Å². The molecule has 0 aromatic heterocycles. The van der Waals surface area contributed by atoms with Crippen LogP contribution in [0.3, 0.4) is 0 Å². The quantitative estimate of drug-likeness (QED) is 0.577. The molecule has 158 valence electrons. The first kappa shape index (κ1) is 21.2. The van der Waals surface area contributed by atoms with E-state index in [1.54, 1.807) is 18.2 Å². The smallest absolute Gasteiger partial charge is 0.331 e. The van der Waals surface area contributed by atoms with Gasteiger partial charge in [0.25, 0.3) is 5.91 Å². The van der Waals surface area contributed by atoms with Gasteiger partial charge in [-0.05, 0) is 56.2 Å². The van der Waals surface area contributed by atoms with Gasteiger partial charge in [0.15, 0.2) is 17.6 Å². The van der Waals surface area contributed by atoms with Crippen LogP contribution in [0.5, 0.6) is 17.2 Å². The van der Waals surface area contributed by atoms with Crippen LogP contribution in [-0.4, -0.2) is 38.3 Å². The van der Waals surface area contributed by atoms with Gasteiger partial charge in [0, 0.05) is 11.8 Å². The van der Waals surface area contributed by atoms with Crippen LogP contribution in [0.4, 0.5) is 5.69 Å². The summed E-state index contributed by atoms with van der Waals surface area (Å²) >= 11 is 0. The Balaban J connectivity index is 1.62. The molecule has 0 bridgehead atoms. The van der Waals surface area contributed by atoms with Crippen LogP contribution >= 0.6 is 0 Å². The molecule has 30 heavy (non-hydrogen) atoms. The highest BCUT2D eigenvalue weighted by Crippen LogP contribution is 2.40. The number of amides is 1. The fraction of sp³-hybridized carbons (Fsp3) is 0.304. The lowest BCUT2D eigenvalue weighted by molar-refractivity contribution is -0.148. The molecule has 7 heteroatoms. The van der Waals surface area contributed by atoms with E-state index in [0.717, 1.165) is 11.1 Å². The van der Waals surface area contributed by atoms with E-state index < -0.39 is 18.0 Å². The molecule has 0 saturated heterocycles.